The van der Waals surface area contributed by atoms with Crippen LogP contribution in [-0.2, 0) is 4.74 Å². The summed E-state index contributed by atoms with van der Waals surface area (Å²) >= 11 is 0. The van der Waals surface area contributed by atoms with Crippen molar-refractivity contribution in [3.8, 4) is 0 Å². The molecule has 0 aliphatic carbocycles. The molecule has 3 N–H and O–H groups in total. The number of benzene rings is 1. The summed E-state index contributed by atoms with van der Waals surface area (Å²) in [5, 5.41) is 0. The average Bonchev–Trinajstić information content (AvgIpc) is 2.83. The third kappa shape index (κ3) is 2.72. The first-order valence-corrected chi connectivity index (χ1v) is 6.50. The largest absolute Gasteiger partial charge is 0.376 e. The van der Waals surface area contributed by atoms with Crippen LogP contribution in [0.2, 0.25) is 0 Å². The van der Waals surface area contributed by atoms with E-state index in [9.17, 15) is 4.79 Å². The highest BCUT2D eigenvalue weighted by Gasteiger charge is 2.31. The Labute approximate surface area is 113 Å². The minimum absolute atomic E-state index is 0.0309. The highest BCUT2D eigenvalue weighted by molar-refractivity contribution is 5.96. The first-order chi connectivity index (χ1) is 9.04. The number of aryl methyl sites for hydroxylation is 1. The standard InChI is InChI=1S/C14H21N3O2/c1-9-8-11(16-15)4-5-12(9)14(18)17(3)13-6-7-19-10(13)2/h4-5,8,10,13,16H,6-7,15H2,1-3H3. The van der Waals surface area contributed by atoms with E-state index >= 15 is 0 Å². The van der Waals surface area contributed by atoms with Gasteiger partial charge >= 0.3 is 0 Å². The van der Waals surface area contributed by atoms with Crippen LogP contribution in [0.5, 0.6) is 0 Å². The lowest BCUT2D eigenvalue weighted by Gasteiger charge is -2.27. The van der Waals surface area contributed by atoms with E-state index in [0.717, 1.165) is 24.3 Å². The number of likely N-dealkylation sites (N-methyl/N-ethyl adjacent to an activating group) is 1. The lowest BCUT2D eigenvalue weighted by atomic mass is 10.0. The summed E-state index contributed by atoms with van der Waals surface area (Å²) < 4.78 is 5.52. The molecule has 2 unspecified atom stereocenters. The second-order valence-corrected chi connectivity index (χ2v) is 5.02. The van der Waals surface area contributed by atoms with Gasteiger partial charge in [0.05, 0.1) is 12.1 Å². The van der Waals surface area contributed by atoms with Crippen LogP contribution < -0.4 is 11.3 Å². The summed E-state index contributed by atoms with van der Waals surface area (Å²) in [5.41, 5.74) is 5.01. The maximum atomic E-state index is 12.5. The van der Waals surface area contributed by atoms with Crippen molar-refractivity contribution in [2.75, 3.05) is 19.1 Å². The summed E-state index contributed by atoms with van der Waals surface area (Å²) in [5.74, 6) is 5.39. The fourth-order valence-electron chi connectivity index (χ4n) is 2.56. The van der Waals surface area contributed by atoms with Gasteiger partial charge in [-0.05, 0) is 44.0 Å². The Morgan fingerprint density at radius 1 is 1.53 bits per heavy atom. The SMILES string of the molecule is Cc1cc(NN)ccc1C(=O)N(C)C1CCOC1C. The Bertz CT molecular complexity index is 476. The minimum Gasteiger partial charge on any atom is -0.376 e. The minimum atomic E-state index is 0.0309. The monoisotopic (exact) mass is 263 g/mol. The van der Waals surface area contributed by atoms with E-state index in [1.54, 1.807) is 4.90 Å². The van der Waals surface area contributed by atoms with Crippen molar-refractivity contribution in [2.45, 2.75) is 32.4 Å². The van der Waals surface area contributed by atoms with E-state index in [0.29, 0.717) is 5.56 Å². The molecular weight excluding hydrogens is 242 g/mol. The topological polar surface area (TPSA) is 67.6 Å². The van der Waals surface area contributed by atoms with Gasteiger partial charge in [-0.25, -0.2) is 0 Å². The van der Waals surface area contributed by atoms with Crippen molar-refractivity contribution in [1.82, 2.24) is 4.90 Å². The second-order valence-electron chi connectivity index (χ2n) is 5.02. The van der Waals surface area contributed by atoms with Gasteiger partial charge in [-0.1, -0.05) is 0 Å². The molecular formula is C14H21N3O2. The molecule has 5 nitrogen and oxygen atoms in total. The fourth-order valence-corrected chi connectivity index (χ4v) is 2.56. The molecule has 1 aliphatic heterocycles. The molecule has 104 valence electrons. The first-order valence-electron chi connectivity index (χ1n) is 6.50. The predicted molar refractivity (Wildman–Crippen MR) is 74.9 cm³/mol. The Morgan fingerprint density at radius 2 is 2.26 bits per heavy atom. The lowest BCUT2D eigenvalue weighted by Crippen LogP contribution is -2.41. The zero-order chi connectivity index (χ0) is 14.0. The Hall–Kier alpha value is -1.59. The number of anilines is 1. The molecule has 1 aromatic rings. The third-order valence-electron chi connectivity index (χ3n) is 3.78. The summed E-state index contributed by atoms with van der Waals surface area (Å²) in [6.45, 7) is 4.64. The van der Waals surface area contributed by atoms with Crippen molar-refractivity contribution in [3.63, 3.8) is 0 Å². The van der Waals surface area contributed by atoms with E-state index in [-0.39, 0.29) is 18.1 Å². The van der Waals surface area contributed by atoms with E-state index < -0.39 is 0 Å². The number of hydrazine groups is 1. The molecule has 1 aliphatic rings. The molecule has 0 radical (unpaired) electrons. The molecule has 1 fully saturated rings. The van der Waals surface area contributed by atoms with Crippen molar-refractivity contribution >= 4 is 11.6 Å². The predicted octanol–water partition coefficient (Wildman–Crippen LogP) is 1.53. The van der Waals surface area contributed by atoms with Crippen molar-refractivity contribution in [1.29, 1.82) is 0 Å². The zero-order valence-corrected chi connectivity index (χ0v) is 11.6. The average molecular weight is 263 g/mol. The number of ether oxygens (including phenoxy) is 1. The molecule has 0 aromatic heterocycles. The third-order valence-corrected chi connectivity index (χ3v) is 3.78. The van der Waals surface area contributed by atoms with Gasteiger partial charge in [-0.15, -0.1) is 0 Å². The number of hydrogen-bond acceptors (Lipinski definition) is 4. The highest BCUT2D eigenvalue weighted by Crippen LogP contribution is 2.22. The number of rotatable bonds is 3. The van der Waals surface area contributed by atoms with Crippen molar-refractivity contribution in [2.24, 2.45) is 5.84 Å². The maximum absolute atomic E-state index is 12.5. The molecule has 19 heavy (non-hydrogen) atoms. The van der Waals surface area contributed by atoms with Crippen LogP contribution in [0.4, 0.5) is 5.69 Å². The summed E-state index contributed by atoms with van der Waals surface area (Å²) in [6.07, 6.45) is 0.990. The van der Waals surface area contributed by atoms with E-state index in [1.165, 1.54) is 0 Å². The molecule has 5 heteroatoms. The molecule has 1 heterocycles. The molecule has 1 aromatic carbocycles. The first kappa shape index (κ1) is 13.8. The van der Waals surface area contributed by atoms with Gasteiger partial charge in [0, 0.05) is 24.9 Å². The fraction of sp³-hybridized carbons (Fsp3) is 0.500. The Morgan fingerprint density at radius 3 is 2.79 bits per heavy atom. The van der Waals surface area contributed by atoms with Gasteiger partial charge in [0.1, 0.15) is 0 Å². The van der Waals surface area contributed by atoms with Gasteiger partial charge in [0.2, 0.25) is 0 Å². The lowest BCUT2D eigenvalue weighted by molar-refractivity contribution is 0.0574. The number of amides is 1. The maximum Gasteiger partial charge on any atom is 0.254 e. The second kappa shape index (κ2) is 5.59. The molecule has 0 saturated carbocycles. The Balaban J connectivity index is 2.19. The number of hydrogen-bond donors (Lipinski definition) is 2. The summed E-state index contributed by atoms with van der Waals surface area (Å²) in [6, 6.07) is 5.64. The van der Waals surface area contributed by atoms with Crippen LogP contribution in [-0.4, -0.2) is 36.6 Å². The number of nitrogen functional groups attached to an aromatic ring is 1. The van der Waals surface area contributed by atoms with Crippen LogP contribution in [0.25, 0.3) is 0 Å². The number of carbonyl (C=O) groups excluding carboxylic acids is 1. The van der Waals surface area contributed by atoms with Crippen LogP contribution in [0.15, 0.2) is 18.2 Å². The highest BCUT2D eigenvalue weighted by atomic mass is 16.5. The molecule has 2 rings (SSSR count). The smallest absolute Gasteiger partial charge is 0.254 e. The zero-order valence-electron chi connectivity index (χ0n) is 11.6. The van der Waals surface area contributed by atoms with Gasteiger partial charge in [0.15, 0.2) is 0 Å². The van der Waals surface area contributed by atoms with Gasteiger partial charge in [0.25, 0.3) is 5.91 Å². The number of nitrogens with one attached hydrogen (secondary N) is 1. The summed E-state index contributed by atoms with van der Waals surface area (Å²) in [4.78, 5) is 14.3. The number of nitrogens with two attached hydrogens (primary N) is 1. The van der Waals surface area contributed by atoms with Gasteiger partial charge < -0.3 is 15.1 Å². The molecule has 0 bridgehead atoms. The number of carbonyl (C=O) groups is 1. The van der Waals surface area contributed by atoms with E-state index in [2.05, 4.69) is 5.43 Å². The van der Waals surface area contributed by atoms with Crippen LogP contribution in [0.3, 0.4) is 0 Å². The normalized spacial score (nSPS) is 22.3. The van der Waals surface area contributed by atoms with E-state index in [1.807, 2.05) is 39.1 Å². The molecule has 0 spiro atoms. The summed E-state index contributed by atoms with van der Waals surface area (Å²) in [7, 11) is 1.84. The van der Waals surface area contributed by atoms with Gasteiger partial charge in [-0.2, -0.15) is 0 Å². The molecule has 1 saturated heterocycles. The molecule has 1 amide bonds. The van der Waals surface area contributed by atoms with Crippen molar-refractivity contribution < 1.29 is 9.53 Å². The van der Waals surface area contributed by atoms with E-state index in [4.69, 9.17) is 10.6 Å². The van der Waals surface area contributed by atoms with Crippen LogP contribution in [0, 0.1) is 6.92 Å². The Kier molecular flexibility index (Phi) is 4.07. The van der Waals surface area contributed by atoms with Crippen LogP contribution in [0.1, 0.15) is 29.3 Å². The molecule has 2 atom stereocenters. The quantitative estimate of drug-likeness (QED) is 0.641. The van der Waals surface area contributed by atoms with Crippen LogP contribution >= 0.6 is 0 Å². The number of nitrogens with zero attached hydrogens (tertiary/aromatic N) is 1. The van der Waals surface area contributed by atoms with Crippen molar-refractivity contribution in [3.05, 3.63) is 29.3 Å². The van der Waals surface area contributed by atoms with Gasteiger partial charge in [-0.3, -0.25) is 10.6 Å².